The third-order valence-corrected chi connectivity index (χ3v) is 3.97. The number of rotatable bonds is 4. The van der Waals surface area contributed by atoms with Crippen molar-refractivity contribution in [3.05, 3.63) is 34.3 Å². The van der Waals surface area contributed by atoms with E-state index >= 15 is 0 Å². The second kappa shape index (κ2) is 4.77. The van der Waals surface area contributed by atoms with Gasteiger partial charge >= 0.3 is 0 Å². The van der Waals surface area contributed by atoms with Crippen LogP contribution in [0.1, 0.15) is 37.3 Å². The average molecular weight is 238 g/mol. The summed E-state index contributed by atoms with van der Waals surface area (Å²) >= 11 is 5.93. The zero-order valence-electron chi connectivity index (χ0n) is 10.1. The van der Waals surface area contributed by atoms with Gasteiger partial charge in [0.2, 0.25) is 0 Å². The Bertz CT molecular complexity index is 369. The van der Waals surface area contributed by atoms with Crippen molar-refractivity contribution in [3.63, 3.8) is 0 Å². The van der Waals surface area contributed by atoms with Crippen LogP contribution in [-0.2, 0) is 6.54 Å². The zero-order valence-corrected chi connectivity index (χ0v) is 10.9. The molecule has 88 valence electrons. The van der Waals surface area contributed by atoms with Gasteiger partial charge in [0.25, 0.3) is 0 Å². The van der Waals surface area contributed by atoms with Gasteiger partial charge in [0.05, 0.1) is 0 Å². The smallest absolute Gasteiger partial charge is 0.0408 e. The molecule has 0 saturated heterocycles. The van der Waals surface area contributed by atoms with Crippen molar-refractivity contribution < 1.29 is 0 Å². The molecule has 2 rings (SSSR count). The lowest BCUT2D eigenvalue weighted by atomic mass is 9.70. The molecule has 1 nitrogen and oxygen atoms in total. The molecule has 1 fully saturated rings. The Morgan fingerprint density at radius 2 is 2.12 bits per heavy atom. The predicted molar refractivity (Wildman–Crippen MR) is 69.9 cm³/mol. The maximum Gasteiger partial charge on any atom is 0.0408 e. The highest BCUT2D eigenvalue weighted by Gasteiger charge is 2.30. The van der Waals surface area contributed by atoms with E-state index in [0.717, 1.165) is 18.1 Å². The summed E-state index contributed by atoms with van der Waals surface area (Å²) in [7, 11) is 0. The molecule has 0 aromatic heterocycles. The van der Waals surface area contributed by atoms with Gasteiger partial charge in [0.1, 0.15) is 0 Å². The Hall–Kier alpha value is -0.530. The fourth-order valence-corrected chi connectivity index (χ4v) is 2.54. The van der Waals surface area contributed by atoms with Crippen LogP contribution < -0.4 is 5.32 Å². The van der Waals surface area contributed by atoms with Gasteiger partial charge in [-0.3, -0.25) is 0 Å². The Balaban J connectivity index is 1.85. The third kappa shape index (κ3) is 2.78. The minimum atomic E-state index is 0.556. The maximum absolute atomic E-state index is 5.93. The molecule has 1 saturated carbocycles. The Morgan fingerprint density at radius 1 is 1.38 bits per heavy atom. The maximum atomic E-state index is 5.93. The van der Waals surface area contributed by atoms with Crippen molar-refractivity contribution in [2.45, 2.75) is 39.7 Å². The summed E-state index contributed by atoms with van der Waals surface area (Å²) in [5.41, 5.74) is 3.19. The predicted octanol–water partition coefficient (Wildman–Crippen LogP) is 3.93. The molecule has 0 atom stereocenters. The van der Waals surface area contributed by atoms with E-state index in [-0.39, 0.29) is 0 Å². The van der Waals surface area contributed by atoms with Crippen molar-refractivity contribution in [2.24, 2.45) is 5.41 Å². The summed E-state index contributed by atoms with van der Waals surface area (Å²) in [6, 6.07) is 6.12. The zero-order chi connectivity index (χ0) is 11.6. The molecule has 0 amide bonds. The lowest BCUT2D eigenvalue weighted by Crippen LogP contribution is -2.37. The molecule has 1 aliphatic rings. The summed E-state index contributed by atoms with van der Waals surface area (Å²) in [5.74, 6) is 0. The molecule has 0 radical (unpaired) electrons. The molecule has 0 bridgehead atoms. The van der Waals surface area contributed by atoms with Crippen LogP contribution >= 0.6 is 11.6 Å². The number of nitrogens with one attached hydrogen (secondary N) is 1. The number of halogens is 1. The van der Waals surface area contributed by atoms with E-state index in [2.05, 4.69) is 25.2 Å². The molecule has 0 unspecified atom stereocenters. The van der Waals surface area contributed by atoms with Crippen LogP contribution in [-0.4, -0.2) is 6.54 Å². The van der Waals surface area contributed by atoms with Crippen LogP contribution in [0.4, 0.5) is 0 Å². The van der Waals surface area contributed by atoms with E-state index in [1.807, 2.05) is 12.1 Å². The number of aryl methyl sites for hydroxylation is 1. The van der Waals surface area contributed by atoms with Crippen LogP contribution in [0.3, 0.4) is 0 Å². The normalized spacial score (nSPS) is 18.2. The molecule has 2 heteroatoms. The van der Waals surface area contributed by atoms with E-state index < -0.39 is 0 Å². The number of hydrogen-bond donors (Lipinski definition) is 1. The summed E-state index contributed by atoms with van der Waals surface area (Å²) in [6.07, 6.45) is 4.15. The molecule has 0 aliphatic heterocycles. The minimum Gasteiger partial charge on any atom is -0.312 e. The van der Waals surface area contributed by atoms with Crippen molar-refractivity contribution >= 4 is 11.6 Å². The fraction of sp³-hybridized carbons (Fsp3) is 0.571. The van der Waals surface area contributed by atoms with Crippen LogP contribution in [0.15, 0.2) is 18.2 Å². The van der Waals surface area contributed by atoms with E-state index in [9.17, 15) is 0 Å². The molecule has 1 aliphatic carbocycles. The summed E-state index contributed by atoms with van der Waals surface area (Å²) in [5, 5.41) is 4.39. The largest absolute Gasteiger partial charge is 0.312 e. The first kappa shape index (κ1) is 11.9. The topological polar surface area (TPSA) is 12.0 Å². The van der Waals surface area contributed by atoms with Crippen LogP contribution in [0.2, 0.25) is 5.02 Å². The highest BCUT2D eigenvalue weighted by Crippen LogP contribution is 2.39. The Labute approximate surface area is 103 Å². The standard InChI is InChI=1S/C14H20ClN/c1-11-8-13(15)5-4-12(11)9-16-10-14(2)6-3-7-14/h4-5,8,16H,3,6-7,9-10H2,1-2H3. The molecular weight excluding hydrogens is 218 g/mol. The monoisotopic (exact) mass is 237 g/mol. The highest BCUT2D eigenvalue weighted by molar-refractivity contribution is 6.30. The van der Waals surface area contributed by atoms with Gasteiger partial charge in [-0.05, 0) is 48.4 Å². The van der Waals surface area contributed by atoms with E-state index in [1.54, 1.807) is 0 Å². The molecule has 0 spiro atoms. The van der Waals surface area contributed by atoms with Gasteiger partial charge in [-0.25, -0.2) is 0 Å². The molecule has 1 aromatic rings. The minimum absolute atomic E-state index is 0.556. The van der Waals surface area contributed by atoms with Gasteiger partial charge in [-0.2, -0.15) is 0 Å². The van der Waals surface area contributed by atoms with E-state index in [1.165, 1.54) is 30.4 Å². The molecule has 0 heterocycles. The molecule has 1 N–H and O–H groups in total. The van der Waals surface area contributed by atoms with Crippen LogP contribution in [0.5, 0.6) is 0 Å². The van der Waals surface area contributed by atoms with Gasteiger partial charge in [0, 0.05) is 18.1 Å². The highest BCUT2D eigenvalue weighted by atomic mass is 35.5. The van der Waals surface area contributed by atoms with Gasteiger partial charge in [-0.1, -0.05) is 31.0 Å². The second-order valence-corrected chi connectivity index (χ2v) is 5.78. The quantitative estimate of drug-likeness (QED) is 0.837. The first-order valence-corrected chi connectivity index (χ1v) is 6.43. The Kier molecular flexibility index (Phi) is 3.56. The Morgan fingerprint density at radius 3 is 2.69 bits per heavy atom. The molecule has 16 heavy (non-hydrogen) atoms. The summed E-state index contributed by atoms with van der Waals surface area (Å²) in [4.78, 5) is 0. The summed E-state index contributed by atoms with van der Waals surface area (Å²) < 4.78 is 0. The average Bonchev–Trinajstić information content (AvgIpc) is 2.19. The van der Waals surface area contributed by atoms with E-state index in [4.69, 9.17) is 11.6 Å². The van der Waals surface area contributed by atoms with E-state index in [0.29, 0.717) is 5.41 Å². The third-order valence-electron chi connectivity index (χ3n) is 3.73. The van der Waals surface area contributed by atoms with Gasteiger partial charge in [-0.15, -0.1) is 0 Å². The van der Waals surface area contributed by atoms with Crippen LogP contribution in [0.25, 0.3) is 0 Å². The van der Waals surface area contributed by atoms with Crippen molar-refractivity contribution in [1.29, 1.82) is 0 Å². The van der Waals surface area contributed by atoms with Gasteiger partial charge < -0.3 is 5.32 Å². The van der Waals surface area contributed by atoms with Gasteiger partial charge in [0.15, 0.2) is 0 Å². The first-order valence-electron chi connectivity index (χ1n) is 6.05. The van der Waals surface area contributed by atoms with Crippen LogP contribution in [0, 0.1) is 12.3 Å². The number of benzene rings is 1. The van der Waals surface area contributed by atoms with Crippen molar-refractivity contribution in [2.75, 3.05) is 6.54 Å². The first-order chi connectivity index (χ1) is 7.59. The fourth-order valence-electron chi connectivity index (χ4n) is 2.31. The lowest BCUT2D eigenvalue weighted by Gasteiger charge is -2.38. The number of hydrogen-bond acceptors (Lipinski definition) is 1. The summed E-state index contributed by atoms with van der Waals surface area (Å²) in [6.45, 7) is 6.58. The lowest BCUT2D eigenvalue weighted by molar-refractivity contribution is 0.156. The SMILES string of the molecule is Cc1cc(Cl)ccc1CNCC1(C)CCC1. The second-order valence-electron chi connectivity index (χ2n) is 5.34. The molecule has 1 aromatic carbocycles. The van der Waals surface area contributed by atoms with Crippen molar-refractivity contribution in [1.82, 2.24) is 5.32 Å². The molecular formula is C14H20ClN. The van der Waals surface area contributed by atoms with Crippen molar-refractivity contribution in [3.8, 4) is 0 Å².